The van der Waals surface area contributed by atoms with Crippen LogP contribution in [0.4, 0.5) is 0 Å². The third-order valence-corrected chi connectivity index (χ3v) is 9.01. The number of rotatable bonds is 16. The molecule has 11 nitrogen and oxygen atoms in total. The molecule has 11 heteroatoms. The van der Waals surface area contributed by atoms with E-state index in [1.54, 1.807) is 0 Å². The van der Waals surface area contributed by atoms with Gasteiger partial charge in [-0.25, -0.2) is 0 Å². The highest BCUT2D eigenvalue weighted by atomic mass is 16.8. The third kappa shape index (κ3) is 9.86. The molecule has 272 valence electrons. The predicted octanol–water partition coefficient (Wildman–Crippen LogP) is 3.50. The lowest BCUT2D eigenvalue weighted by Gasteiger charge is -2.48. The summed E-state index contributed by atoms with van der Waals surface area (Å²) in [5.74, 6) is 0. The Morgan fingerprint density at radius 1 is 0.412 bits per heavy atom. The zero-order valence-electron chi connectivity index (χ0n) is 28.2. The van der Waals surface area contributed by atoms with Crippen LogP contribution in [0.3, 0.4) is 0 Å². The van der Waals surface area contributed by atoms with Crippen LogP contribution in [0.5, 0.6) is 0 Å². The highest BCUT2D eigenvalue weighted by Crippen LogP contribution is 2.34. The van der Waals surface area contributed by atoms with Gasteiger partial charge in [0.15, 0.2) is 12.6 Å². The van der Waals surface area contributed by atoms with Crippen molar-refractivity contribution in [3.63, 3.8) is 0 Å². The van der Waals surface area contributed by atoms with E-state index in [0.717, 1.165) is 22.3 Å². The topological polar surface area (TPSA) is 146 Å². The Kier molecular flexibility index (Phi) is 13.7. The van der Waals surface area contributed by atoms with Crippen molar-refractivity contribution >= 4 is 0 Å². The highest BCUT2D eigenvalue weighted by molar-refractivity contribution is 5.16. The molecule has 4 aromatic rings. The van der Waals surface area contributed by atoms with Crippen LogP contribution in [0.15, 0.2) is 121 Å². The monoisotopic (exact) mass is 702 g/mol. The lowest BCUT2D eigenvalue weighted by Crippen LogP contribution is -2.65. The minimum Gasteiger partial charge on any atom is -0.394 e. The summed E-state index contributed by atoms with van der Waals surface area (Å²) < 4.78 is 44.4. The van der Waals surface area contributed by atoms with Gasteiger partial charge in [-0.15, -0.1) is 0 Å². The van der Waals surface area contributed by atoms with Crippen LogP contribution in [0.2, 0.25) is 0 Å². The van der Waals surface area contributed by atoms with Crippen molar-refractivity contribution in [3.05, 3.63) is 144 Å². The quantitative estimate of drug-likeness (QED) is 0.136. The van der Waals surface area contributed by atoms with Crippen LogP contribution in [0.1, 0.15) is 22.3 Å². The molecule has 51 heavy (non-hydrogen) atoms. The van der Waals surface area contributed by atoms with E-state index in [0.29, 0.717) is 0 Å². The molecule has 4 aromatic carbocycles. The highest BCUT2D eigenvalue weighted by Gasteiger charge is 2.52. The molecular formula is C40H46O11. The first kappa shape index (κ1) is 37.2. The maximum absolute atomic E-state index is 11.4. The lowest BCUT2D eigenvalue weighted by molar-refractivity contribution is -0.389. The first-order chi connectivity index (χ1) is 25.0. The van der Waals surface area contributed by atoms with Gasteiger partial charge in [0.1, 0.15) is 48.8 Å². The maximum Gasteiger partial charge on any atom is 0.190 e. The standard InChI is InChI=1S/C40H46O11/c41-21-31-33(43)35(45-23-27-13-5-1-6-14-27)37(47-25-29-17-9-3-10-18-29)39(49-31)51-40-38(48-26-30-19-11-4-12-20-30)36(34(44)32(22-42)50-40)46-24-28-15-7-2-8-16-28/h1-20,31-44H,21-26H2. The second-order valence-electron chi connectivity index (χ2n) is 12.6. The lowest BCUT2D eigenvalue weighted by atomic mass is 9.97. The predicted molar refractivity (Wildman–Crippen MR) is 185 cm³/mol. The molecule has 10 atom stereocenters. The summed E-state index contributed by atoms with van der Waals surface area (Å²) in [5.41, 5.74) is 3.48. The molecule has 2 aliphatic rings. The Morgan fingerprint density at radius 3 is 0.961 bits per heavy atom. The molecular weight excluding hydrogens is 656 g/mol. The van der Waals surface area contributed by atoms with E-state index in [-0.39, 0.29) is 26.4 Å². The van der Waals surface area contributed by atoms with Crippen LogP contribution in [-0.4, -0.2) is 95.1 Å². The van der Waals surface area contributed by atoms with E-state index < -0.39 is 74.6 Å². The summed E-state index contributed by atoms with van der Waals surface area (Å²) in [5, 5.41) is 43.4. The fraction of sp³-hybridized carbons (Fsp3) is 0.400. The van der Waals surface area contributed by atoms with Gasteiger partial charge in [-0.3, -0.25) is 0 Å². The van der Waals surface area contributed by atoms with Crippen molar-refractivity contribution in [3.8, 4) is 0 Å². The normalized spacial score (nSPS) is 29.5. The molecule has 0 radical (unpaired) electrons. The molecule has 0 spiro atoms. The Bertz CT molecular complexity index is 1430. The van der Waals surface area contributed by atoms with Crippen LogP contribution >= 0.6 is 0 Å². The SMILES string of the molecule is OCC1OC(OC2OC(CO)C(O)C(OCc3ccccc3)C2OCc2ccccc2)C(OCc2ccccc2)C(OCc2ccccc2)C1O. The van der Waals surface area contributed by atoms with Gasteiger partial charge in [0.2, 0.25) is 0 Å². The van der Waals surface area contributed by atoms with Gasteiger partial charge in [0.05, 0.1) is 39.6 Å². The Balaban J connectivity index is 1.30. The van der Waals surface area contributed by atoms with Crippen molar-refractivity contribution in [1.82, 2.24) is 0 Å². The first-order valence-corrected chi connectivity index (χ1v) is 17.2. The largest absolute Gasteiger partial charge is 0.394 e. The minimum atomic E-state index is -1.27. The molecule has 6 rings (SSSR count). The molecule has 0 aliphatic carbocycles. The number of hydrogen-bond acceptors (Lipinski definition) is 11. The molecule has 2 aliphatic heterocycles. The van der Waals surface area contributed by atoms with Crippen molar-refractivity contribution < 1.29 is 53.6 Å². The fourth-order valence-electron chi connectivity index (χ4n) is 6.24. The molecule has 0 saturated carbocycles. The Hall–Kier alpha value is -3.56. The minimum absolute atomic E-state index is 0.136. The van der Waals surface area contributed by atoms with Gasteiger partial charge in [0.25, 0.3) is 0 Å². The number of benzene rings is 4. The van der Waals surface area contributed by atoms with E-state index in [9.17, 15) is 20.4 Å². The molecule has 4 N–H and O–H groups in total. The number of aliphatic hydroxyl groups excluding tert-OH is 4. The summed E-state index contributed by atoms with van der Waals surface area (Å²) in [4.78, 5) is 0. The van der Waals surface area contributed by atoms with Crippen molar-refractivity contribution in [2.24, 2.45) is 0 Å². The van der Waals surface area contributed by atoms with Gasteiger partial charge in [-0.2, -0.15) is 0 Å². The second kappa shape index (κ2) is 18.8. The van der Waals surface area contributed by atoms with E-state index in [1.165, 1.54) is 0 Å². The average molecular weight is 703 g/mol. The first-order valence-electron chi connectivity index (χ1n) is 17.2. The number of ether oxygens (including phenoxy) is 7. The second-order valence-corrected chi connectivity index (χ2v) is 12.6. The van der Waals surface area contributed by atoms with Crippen molar-refractivity contribution in [1.29, 1.82) is 0 Å². The Labute approximate surface area is 297 Å². The maximum atomic E-state index is 11.4. The van der Waals surface area contributed by atoms with E-state index in [4.69, 9.17) is 33.2 Å². The van der Waals surface area contributed by atoms with E-state index >= 15 is 0 Å². The molecule has 2 saturated heterocycles. The summed E-state index contributed by atoms with van der Waals surface area (Å²) in [6, 6.07) is 38.0. The molecule has 0 amide bonds. The van der Waals surface area contributed by atoms with Gasteiger partial charge < -0.3 is 53.6 Å². The van der Waals surface area contributed by atoms with Crippen LogP contribution in [0.25, 0.3) is 0 Å². The fourth-order valence-corrected chi connectivity index (χ4v) is 6.24. The third-order valence-electron chi connectivity index (χ3n) is 9.01. The number of hydrogen-bond donors (Lipinski definition) is 4. The summed E-state index contributed by atoms with van der Waals surface area (Å²) in [6.45, 7) is -0.492. The zero-order chi connectivity index (χ0) is 35.4. The van der Waals surface area contributed by atoms with Gasteiger partial charge in [-0.05, 0) is 22.3 Å². The molecule has 0 aromatic heterocycles. The van der Waals surface area contributed by atoms with Gasteiger partial charge >= 0.3 is 0 Å². The molecule has 2 heterocycles. The number of aliphatic hydroxyl groups is 4. The van der Waals surface area contributed by atoms with E-state index in [2.05, 4.69) is 0 Å². The summed E-state index contributed by atoms with van der Waals surface area (Å²) >= 11 is 0. The van der Waals surface area contributed by atoms with Gasteiger partial charge in [-0.1, -0.05) is 121 Å². The summed E-state index contributed by atoms with van der Waals surface area (Å²) in [7, 11) is 0. The van der Waals surface area contributed by atoms with Crippen LogP contribution in [0, 0.1) is 0 Å². The van der Waals surface area contributed by atoms with Gasteiger partial charge in [0, 0.05) is 0 Å². The molecule has 0 bridgehead atoms. The van der Waals surface area contributed by atoms with E-state index in [1.807, 2.05) is 121 Å². The zero-order valence-corrected chi connectivity index (χ0v) is 28.2. The molecule has 2 fully saturated rings. The summed E-state index contributed by atoms with van der Waals surface area (Å²) in [6.07, 6.45) is -11.3. The van der Waals surface area contributed by atoms with Crippen LogP contribution in [-0.2, 0) is 59.6 Å². The Morgan fingerprint density at radius 2 is 0.686 bits per heavy atom. The van der Waals surface area contributed by atoms with Crippen molar-refractivity contribution in [2.75, 3.05) is 13.2 Å². The molecule has 10 unspecified atom stereocenters. The smallest absolute Gasteiger partial charge is 0.190 e. The average Bonchev–Trinajstić information content (AvgIpc) is 3.18. The van der Waals surface area contributed by atoms with Crippen molar-refractivity contribution in [2.45, 2.75) is 87.8 Å². The van der Waals surface area contributed by atoms with Crippen LogP contribution < -0.4 is 0 Å².